The molecule has 1 radical (unpaired) electrons. The fourth-order valence-corrected chi connectivity index (χ4v) is 0.808. The molecule has 0 atom stereocenters. The molecule has 1 nitrogen and oxygen atoms in total. The van der Waals surface area contributed by atoms with Crippen LogP contribution in [0.15, 0.2) is 0 Å². The zero-order valence-corrected chi connectivity index (χ0v) is 6.69. The molecule has 0 saturated carbocycles. The Morgan fingerprint density at radius 2 is 1.89 bits per heavy atom. The summed E-state index contributed by atoms with van der Waals surface area (Å²) < 4.78 is 0. The van der Waals surface area contributed by atoms with Gasteiger partial charge in [-0.3, -0.25) is 0 Å². The van der Waals surface area contributed by atoms with Gasteiger partial charge in [-0.1, -0.05) is 26.2 Å². The Balaban J connectivity index is 2.75. The van der Waals surface area contributed by atoms with E-state index in [0.29, 0.717) is 0 Å². The van der Waals surface area contributed by atoms with Crippen molar-refractivity contribution in [2.75, 3.05) is 13.6 Å². The van der Waals surface area contributed by atoms with E-state index in [2.05, 4.69) is 14.0 Å². The first-order valence-electron chi connectivity index (χ1n) is 3.79. The highest BCUT2D eigenvalue weighted by Crippen LogP contribution is 1.98. The maximum atomic E-state index is 3.77. The SMILES string of the molecule is [CH2]N(C)CCCCCC. The van der Waals surface area contributed by atoms with E-state index >= 15 is 0 Å². The topological polar surface area (TPSA) is 3.24 Å². The minimum atomic E-state index is 1.14. The summed E-state index contributed by atoms with van der Waals surface area (Å²) in [5.41, 5.74) is 0. The molecule has 55 valence electrons. The van der Waals surface area contributed by atoms with Crippen molar-refractivity contribution >= 4 is 0 Å². The van der Waals surface area contributed by atoms with Crippen molar-refractivity contribution in [1.82, 2.24) is 4.90 Å². The molecule has 0 spiro atoms. The Morgan fingerprint density at radius 1 is 1.22 bits per heavy atom. The predicted molar refractivity (Wildman–Crippen MR) is 42.1 cm³/mol. The van der Waals surface area contributed by atoms with Crippen LogP contribution >= 0.6 is 0 Å². The van der Waals surface area contributed by atoms with E-state index in [1.165, 1.54) is 25.7 Å². The zero-order chi connectivity index (χ0) is 7.11. The Hall–Kier alpha value is -0.0400. The predicted octanol–water partition coefficient (Wildman–Crippen LogP) is 2.29. The Kier molecular flexibility index (Phi) is 6.06. The van der Waals surface area contributed by atoms with E-state index in [1.54, 1.807) is 0 Å². The van der Waals surface area contributed by atoms with Gasteiger partial charge in [0, 0.05) is 7.05 Å². The average molecular weight is 128 g/mol. The third-order valence-electron chi connectivity index (χ3n) is 1.39. The fourth-order valence-electron chi connectivity index (χ4n) is 0.808. The third-order valence-corrected chi connectivity index (χ3v) is 1.39. The first-order valence-corrected chi connectivity index (χ1v) is 3.79. The molecule has 9 heavy (non-hydrogen) atoms. The summed E-state index contributed by atoms with van der Waals surface area (Å²) in [6.45, 7) is 3.37. The summed E-state index contributed by atoms with van der Waals surface area (Å²) in [7, 11) is 5.79. The van der Waals surface area contributed by atoms with Gasteiger partial charge in [-0.15, -0.1) is 0 Å². The highest BCUT2D eigenvalue weighted by Gasteiger charge is 1.88. The van der Waals surface area contributed by atoms with E-state index < -0.39 is 0 Å². The van der Waals surface area contributed by atoms with E-state index in [9.17, 15) is 0 Å². The maximum Gasteiger partial charge on any atom is 0.0106 e. The summed E-state index contributed by atoms with van der Waals surface area (Å²) in [6.07, 6.45) is 5.35. The lowest BCUT2D eigenvalue weighted by Gasteiger charge is -2.07. The Labute approximate surface area is 59.1 Å². The number of unbranched alkanes of at least 4 members (excludes halogenated alkanes) is 3. The van der Waals surface area contributed by atoms with Gasteiger partial charge in [0.05, 0.1) is 0 Å². The van der Waals surface area contributed by atoms with Gasteiger partial charge in [0.2, 0.25) is 0 Å². The summed E-state index contributed by atoms with van der Waals surface area (Å²) >= 11 is 0. The minimum Gasteiger partial charge on any atom is -0.305 e. The molecule has 0 amide bonds. The van der Waals surface area contributed by atoms with Gasteiger partial charge < -0.3 is 4.90 Å². The lowest BCUT2D eigenvalue weighted by atomic mass is 10.2. The molecular formula is C8H18N. The molecule has 0 aliphatic carbocycles. The van der Waals surface area contributed by atoms with Gasteiger partial charge in [-0.25, -0.2) is 0 Å². The van der Waals surface area contributed by atoms with Crippen molar-refractivity contribution in [2.24, 2.45) is 0 Å². The molecule has 0 aromatic rings. The molecule has 0 fully saturated rings. The molecule has 0 aliphatic heterocycles. The second-order valence-electron chi connectivity index (χ2n) is 2.64. The first kappa shape index (κ1) is 8.96. The van der Waals surface area contributed by atoms with Crippen LogP contribution in [0.5, 0.6) is 0 Å². The van der Waals surface area contributed by atoms with Crippen molar-refractivity contribution in [2.45, 2.75) is 32.6 Å². The molecule has 1 heteroatoms. The minimum absolute atomic E-state index is 1.14. The molecule has 0 N–H and O–H groups in total. The van der Waals surface area contributed by atoms with Gasteiger partial charge in [0.1, 0.15) is 0 Å². The van der Waals surface area contributed by atoms with Crippen LogP contribution in [0.3, 0.4) is 0 Å². The van der Waals surface area contributed by atoms with Gasteiger partial charge in [-0.2, -0.15) is 0 Å². The van der Waals surface area contributed by atoms with Gasteiger partial charge in [-0.05, 0) is 20.0 Å². The van der Waals surface area contributed by atoms with Crippen LogP contribution in [0.4, 0.5) is 0 Å². The molecule has 0 unspecified atom stereocenters. The van der Waals surface area contributed by atoms with Crippen LogP contribution in [0.2, 0.25) is 0 Å². The van der Waals surface area contributed by atoms with Gasteiger partial charge >= 0.3 is 0 Å². The largest absolute Gasteiger partial charge is 0.305 e. The van der Waals surface area contributed by atoms with E-state index in [-0.39, 0.29) is 0 Å². The second-order valence-corrected chi connectivity index (χ2v) is 2.64. The smallest absolute Gasteiger partial charge is 0.0106 e. The monoisotopic (exact) mass is 128 g/mol. The van der Waals surface area contributed by atoms with Crippen LogP contribution in [-0.4, -0.2) is 18.5 Å². The number of hydrogen-bond donors (Lipinski definition) is 0. The lowest BCUT2D eigenvalue weighted by Crippen LogP contribution is -2.09. The third kappa shape index (κ3) is 7.96. The van der Waals surface area contributed by atoms with E-state index in [1.807, 2.05) is 11.9 Å². The molecule has 0 aromatic carbocycles. The molecular weight excluding hydrogens is 110 g/mol. The van der Waals surface area contributed by atoms with Crippen LogP contribution in [0.25, 0.3) is 0 Å². The van der Waals surface area contributed by atoms with Crippen molar-refractivity contribution in [3.05, 3.63) is 7.05 Å². The maximum absolute atomic E-state index is 3.77. The number of nitrogens with zero attached hydrogens (tertiary/aromatic N) is 1. The summed E-state index contributed by atoms with van der Waals surface area (Å²) in [4.78, 5) is 2.00. The molecule has 0 saturated heterocycles. The lowest BCUT2D eigenvalue weighted by molar-refractivity contribution is 0.427. The zero-order valence-electron chi connectivity index (χ0n) is 6.69. The Bertz CT molecular complexity index is 50.5. The van der Waals surface area contributed by atoms with Crippen molar-refractivity contribution < 1.29 is 0 Å². The van der Waals surface area contributed by atoms with Gasteiger partial charge in [0.25, 0.3) is 0 Å². The second kappa shape index (κ2) is 6.09. The number of hydrogen-bond acceptors (Lipinski definition) is 1. The average Bonchev–Trinajstić information content (AvgIpc) is 1.80. The van der Waals surface area contributed by atoms with Crippen LogP contribution in [-0.2, 0) is 0 Å². The summed E-state index contributed by atoms with van der Waals surface area (Å²) in [5, 5.41) is 0. The summed E-state index contributed by atoms with van der Waals surface area (Å²) in [5.74, 6) is 0. The summed E-state index contributed by atoms with van der Waals surface area (Å²) in [6, 6.07) is 0. The number of rotatable bonds is 5. The fraction of sp³-hybridized carbons (Fsp3) is 0.875. The highest BCUT2D eigenvalue weighted by molar-refractivity contribution is 4.47. The molecule has 0 heterocycles. The highest BCUT2D eigenvalue weighted by atomic mass is 15.0. The molecule has 0 rings (SSSR count). The first-order chi connectivity index (χ1) is 4.27. The van der Waals surface area contributed by atoms with E-state index in [4.69, 9.17) is 0 Å². The van der Waals surface area contributed by atoms with Crippen LogP contribution in [0, 0.1) is 7.05 Å². The Morgan fingerprint density at radius 3 is 2.33 bits per heavy atom. The van der Waals surface area contributed by atoms with Crippen molar-refractivity contribution in [3.63, 3.8) is 0 Å². The van der Waals surface area contributed by atoms with E-state index in [0.717, 1.165) is 6.54 Å². The standard InChI is InChI=1S/C8H18N/c1-4-5-6-7-8-9(2)3/h2,4-8H2,1,3H3. The van der Waals surface area contributed by atoms with Crippen LogP contribution < -0.4 is 0 Å². The molecule has 0 bridgehead atoms. The van der Waals surface area contributed by atoms with Gasteiger partial charge in [0.15, 0.2) is 0 Å². The quantitative estimate of drug-likeness (QED) is 0.513. The molecule has 0 aliphatic rings. The van der Waals surface area contributed by atoms with Crippen LogP contribution in [0.1, 0.15) is 32.6 Å². The normalized spacial score (nSPS) is 10.7. The molecule has 0 aromatic heterocycles. The van der Waals surface area contributed by atoms with Crippen molar-refractivity contribution in [1.29, 1.82) is 0 Å². The van der Waals surface area contributed by atoms with Crippen molar-refractivity contribution in [3.8, 4) is 0 Å².